The van der Waals surface area contributed by atoms with E-state index in [4.69, 9.17) is 4.74 Å². The highest BCUT2D eigenvalue weighted by Crippen LogP contribution is 2.68. The number of hydrogen-bond acceptors (Lipinski definition) is 6. The van der Waals surface area contributed by atoms with Gasteiger partial charge in [0.25, 0.3) is 0 Å². The van der Waals surface area contributed by atoms with E-state index in [-0.39, 0.29) is 34.7 Å². The van der Waals surface area contributed by atoms with Crippen LogP contribution in [0.4, 0.5) is 0 Å². The topological polar surface area (TPSA) is 87.2 Å². The van der Waals surface area contributed by atoms with E-state index >= 15 is 0 Å². The SMILES string of the molecule is CC(C)C1=C2C3CCC4C(CC=C5C(C)(C)C(OC(=O)CC(C)(C)C(=O)O)CCC54C)C3CCC2(CCN(CCN(C)C)Cc2ccccc2)CC1=O. The molecule has 0 saturated heterocycles. The van der Waals surface area contributed by atoms with Crippen molar-refractivity contribution in [1.82, 2.24) is 9.80 Å². The first-order valence-corrected chi connectivity index (χ1v) is 20.7. The molecule has 6 rings (SSSR count). The van der Waals surface area contributed by atoms with Gasteiger partial charge in [-0.1, -0.05) is 82.2 Å². The largest absolute Gasteiger partial charge is 0.481 e. The molecule has 0 aromatic heterocycles. The van der Waals surface area contributed by atoms with Crippen molar-refractivity contribution in [3.05, 3.63) is 58.7 Å². The Morgan fingerprint density at radius 2 is 1.68 bits per heavy atom. The predicted molar refractivity (Wildman–Crippen MR) is 211 cm³/mol. The molecule has 0 bridgehead atoms. The first kappa shape index (κ1) is 39.9. The van der Waals surface area contributed by atoms with Gasteiger partial charge in [0.05, 0.1) is 11.8 Å². The highest BCUT2D eigenvalue weighted by atomic mass is 16.5. The Morgan fingerprint density at radius 1 is 0.962 bits per heavy atom. The summed E-state index contributed by atoms with van der Waals surface area (Å²) in [5.41, 5.74) is 4.09. The van der Waals surface area contributed by atoms with Crippen molar-refractivity contribution >= 4 is 17.7 Å². The summed E-state index contributed by atoms with van der Waals surface area (Å²) in [5.74, 6) is 1.52. The van der Waals surface area contributed by atoms with Crippen LogP contribution >= 0.6 is 0 Å². The molecule has 5 aliphatic carbocycles. The molecule has 1 N–H and O–H groups in total. The molecule has 0 heterocycles. The molecule has 292 valence electrons. The number of rotatable bonds is 13. The number of carboxylic acid groups (broad SMARTS) is 1. The molecule has 7 nitrogen and oxygen atoms in total. The average Bonchev–Trinajstić information content (AvgIpc) is 3.39. The number of ketones is 1. The maximum atomic E-state index is 14.1. The van der Waals surface area contributed by atoms with Crippen molar-refractivity contribution < 1.29 is 24.2 Å². The highest BCUT2D eigenvalue weighted by molar-refractivity contribution is 6.00. The van der Waals surface area contributed by atoms with E-state index in [1.54, 1.807) is 19.4 Å². The Bertz CT molecular complexity index is 1610. The second kappa shape index (κ2) is 15.0. The lowest BCUT2D eigenvalue weighted by Crippen LogP contribution is -2.55. The fourth-order valence-electron chi connectivity index (χ4n) is 12.1. The Kier molecular flexibility index (Phi) is 11.3. The van der Waals surface area contributed by atoms with Crippen LogP contribution in [0.2, 0.25) is 0 Å². The average molecular weight is 729 g/mol. The molecular formula is C46H68N2O5. The summed E-state index contributed by atoms with van der Waals surface area (Å²) in [6.45, 7) is 18.6. The molecule has 7 atom stereocenters. The smallest absolute Gasteiger partial charge is 0.309 e. The second-order valence-corrected chi connectivity index (χ2v) is 19.7. The van der Waals surface area contributed by atoms with E-state index in [0.717, 1.165) is 64.7 Å². The number of carboxylic acids is 1. The van der Waals surface area contributed by atoms with E-state index in [9.17, 15) is 19.5 Å². The fraction of sp³-hybridized carbons (Fsp3) is 0.717. The van der Waals surface area contributed by atoms with Gasteiger partial charge in [0.2, 0.25) is 0 Å². The monoisotopic (exact) mass is 729 g/mol. The third-order valence-electron chi connectivity index (χ3n) is 14.8. The van der Waals surface area contributed by atoms with Crippen LogP contribution in [-0.4, -0.2) is 72.5 Å². The lowest BCUT2D eigenvalue weighted by Gasteiger charge is -2.61. The van der Waals surface area contributed by atoms with Crippen molar-refractivity contribution in [3.63, 3.8) is 0 Å². The summed E-state index contributed by atoms with van der Waals surface area (Å²) in [7, 11) is 4.30. The molecule has 53 heavy (non-hydrogen) atoms. The van der Waals surface area contributed by atoms with Crippen LogP contribution in [0.15, 0.2) is 53.1 Å². The van der Waals surface area contributed by atoms with E-state index < -0.39 is 17.4 Å². The Hall–Kier alpha value is -2.77. The number of nitrogens with zero attached hydrogens (tertiary/aromatic N) is 2. The van der Waals surface area contributed by atoms with Crippen LogP contribution in [0.5, 0.6) is 0 Å². The number of allylic oxidation sites excluding steroid dienone is 3. The minimum absolute atomic E-state index is 0.0174. The van der Waals surface area contributed by atoms with Crippen molar-refractivity contribution in [2.75, 3.05) is 33.7 Å². The molecule has 0 aliphatic heterocycles. The molecule has 0 radical (unpaired) electrons. The molecule has 0 spiro atoms. The second-order valence-electron chi connectivity index (χ2n) is 19.7. The van der Waals surface area contributed by atoms with Crippen LogP contribution < -0.4 is 0 Å². The molecule has 7 heteroatoms. The summed E-state index contributed by atoms with van der Waals surface area (Å²) in [4.78, 5) is 43.7. The maximum Gasteiger partial charge on any atom is 0.309 e. The lowest BCUT2D eigenvalue weighted by molar-refractivity contribution is -0.166. The van der Waals surface area contributed by atoms with Gasteiger partial charge >= 0.3 is 11.9 Å². The van der Waals surface area contributed by atoms with Gasteiger partial charge in [0.1, 0.15) is 6.10 Å². The van der Waals surface area contributed by atoms with Crippen LogP contribution in [-0.2, 0) is 25.7 Å². The molecule has 1 aromatic carbocycles. The normalized spacial score (nSPS) is 32.3. The van der Waals surface area contributed by atoms with Crippen LogP contribution in [0.25, 0.3) is 0 Å². The highest BCUT2D eigenvalue weighted by Gasteiger charge is 2.61. The molecule has 7 unspecified atom stereocenters. The van der Waals surface area contributed by atoms with Gasteiger partial charge in [0, 0.05) is 36.9 Å². The van der Waals surface area contributed by atoms with E-state index in [1.807, 2.05) is 0 Å². The van der Waals surface area contributed by atoms with Crippen LogP contribution in [0.3, 0.4) is 0 Å². The number of fused-ring (bicyclic) bond motifs is 7. The number of hydrogen-bond donors (Lipinski definition) is 1. The van der Waals surface area contributed by atoms with E-state index in [2.05, 4.69) is 94.9 Å². The minimum Gasteiger partial charge on any atom is -0.481 e. The number of benzene rings is 1. The van der Waals surface area contributed by atoms with Gasteiger partial charge in [-0.15, -0.1) is 0 Å². The number of carbonyl (C=O) groups is 3. The van der Waals surface area contributed by atoms with Crippen molar-refractivity contribution in [2.45, 2.75) is 125 Å². The maximum absolute atomic E-state index is 14.1. The number of aliphatic carboxylic acids is 1. The van der Waals surface area contributed by atoms with Crippen LogP contribution in [0.1, 0.15) is 118 Å². The van der Waals surface area contributed by atoms with Gasteiger partial charge in [-0.25, -0.2) is 0 Å². The summed E-state index contributed by atoms with van der Waals surface area (Å²) >= 11 is 0. The zero-order chi connectivity index (χ0) is 38.5. The van der Waals surface area contributed by atoms with E-state index in [0.29, 0.717) is 35.9 Å². The summed E-state index contributed by atoms with van der Waals surface area (Å²) in [6.07, 6.45) is 11.4. The van der Waals surface area contributed by atoms with Crippen molar-refractivity contribution in [2.24, 2.45) is 51.2 Å². The molecule has 3 saturated carbocycles. The Balaban J connectivity index is 1.23. The Labute approximate surface area is 320 Å². The quantitative estimate of drug-likeness (QED) is 0.160. The number of carbonyl (C=O) groups excluding carboxylic acids is 2. The molecule has 5 aliphatic rings. The molecular weight excluding hydrogens is 661 g/mol. The first-order valence-electron chi connectivity index (χ1n) is 20.7. The molecule has 3 fully saturated rings. The number of likely N-dealkylation sites (N-methyl/N-ethyl adjacent to an activating group) is 1. The zero-order valence-corrected chi connectivity index (χ0v) is 34.3. The predicted octanol–water partition coefficient (Wildman–Crippen LogP) is 8.97. The van der Waals surface area contributed by atoms with E-state index in [1.165, 1.54) is 29.6 Å². The number of ether oxygens (including phenoxy) is 1. The fourth-order valence-corrected chi connectivity index (χ4v) is 12.1. The third kappa shape index (κ3) is 7.60. The van der Waals surface area contributed by atoms with Crippen molar-refractivity contribution in [3.8, 4) is 0 Å². The van der Waals surface area contributed by atoms with Gasteiger partial charge in [-0.2, -0.15) is 0 Å². The summed E-state index contributed by atoms with van der Waals surface area (Å²) in [5, 5.41) is 9.59. The van der Waals surface area contributed by atoms with Gasteiger partial charge in [-0.05, 0) is 132 Å². The Morgan fingerprint density at radius 3 is 2.34 bits per heavy atom. The lowest BCUT2D eigenvalue weighted by atomic mass is 9.43. The third-order valence-corrected chi connectivity index (χ3v) is 14.8. The molecule has 0 amide bonds. The standard InChI is InChI=1S/C46H68N2O5/c1-30(2)40-36(49)27-46(23-24-48(26-25-47(8)9)29-31-13-11-10-12-14-31)22-19-32-33-16-18-37-44(5,6)38(53-39(50)28-43(3,4)42(51)52)20-21-45(37,7)35(33)17-15-34(32)41(40)46/h10-14,18,30,32-35,38H,15-17,19-29H2,1-9H3,(H,51,52). The number of esters is 1. The van der Waals surface area contributed by atoms with Gasteiger partial charge in [-0.3, -0.25) is 19.3 Å². The zero-order valence-electron chi connectivity index (χ0n) is 34.3. The number of Topliss-reactive ketones (excluding diaryl/α,β-unsaturated/α-hetero) is 1. The first-order chi connectivity index (χ1) is 24.9. The van der Waals surface area contributed by atoms with Crippen LogP contribution in [0, 0.1) is 51.2 Å². The van der Waals surface area contributed by atoms with Gasteiger partial charge in [0.15, 0.2) is 5.78 Å². The molecule has 1 aromatic rings. The summed E-state index contributed by atoms with van der Waals surface area (Å²) < 4.78 is 6.12. The van der Waals surface area contributed by atoms with Gasteiger partial charge < -0.3 is 14.7 Å². The summed E-state index contributed by atoms with van der Waals surface area (Å²) in [6, 6.07) is 10.8. The van der Waals surface area contributed by atoms with Crippen molar-refractivity contribution in [1.29, 1.82) is 0 Å². The minimum atomic E-state index is -1.15.